The number of para-hydroxylation sites is 1. The standard InChI is InChI=1S/C22H17FN2O3S.C5H10N2/c23-19-9-5-16(6-10-19)15-24-22(26)18-7-11-20(12-8-18)29(27,28)25-14-13-17-3-1-2-4-21(17)25;1-5(2)3-7-4-6/h1-14H,15H2,(H,24,26);4H,1,3H2,2H3,(H2,6,7). The predicted octanol–water partition coefficient (Wildman–Crippen LogP) is 4.50. The molecule has 0 aliphatic carbocycles. The van der Waals surface area contributed by atoms with Crippen LogP contribution in [0, 0.1) is 5.82 Å². The number of hydrogen-bond donors (Lipinski definition) is 2. The van der Waals surface area contributed by atoms with Crippen molar-refractivity contribution in [3.8, 4) is 0 Å². The van der Waals surface area contributed by atoms with Crippen LogP contribution in [-0.4, -0.2) is 31.2 Å². The van der Waals surface area contributed by atoms with E-state index in [1.165, 1.54) is 52.9 Å². The molecule has 0 atom stereocenters. The summed E-state index contributed by atoms with van der Waals surface area (Å²) < 4.78 is 40.1. The minimum atomic E-state index is -3.77. The molecule has 1 heterocycles. The number of nitrogens with two attached hydrogens (primary N) is 1. The van der Waals surface area contributed by atoms with Crippen LogP contribution >= 0.6 is 0 Å². The number of halogens is 1. The molecule has 0 saturated carbocycles. The Labute approximate surface area is 209 Å². The van der Waals surface area contributed by atoms with Gasteiger partial charge >= 0.3 is 0 Å². The van der Waals surface area contributed by atoms with Crippen molar-refractivity contribution in [3.63, 3.8) is 0 Å². The Morgan fingerprint density at radius 3 is 2.33 bits per heavy atom. The van der Waals surface area contributed by atoms with Crippen molar-refractivity contribution in [1.82, 2.24) is 9.29 Å². The van der Waals surface area contributed by atoms with E-state index in [-0.39, 0.29) is 23.2 Å². The number of aromatic nitrogens is 1. The second-order valence-corrected chi connectivity index (χ2v) is 9.77. The van der Waals surface area contributed by atoms with Crippen LogP contribution in [0.5, 0.6) is 0 Å². The summed E-state index contributed by atoms with van der Waals surface area (Å²) in [5, 5.41) is 3.56. The molecule has 186 valence electrons. The van der Waals surface area contributed by atoms with Crippen molar-refractivity contribution in [2.75, 3.05) is 6.54 Å². The van der Waals surface area contributed by atoms with Gasteiger partial charge in [0.25, 0.3) is 15.9 Å². The van der Waals surface area contributed by atoms with Gasteiger partial charge in [-0.2, -0.15) is 0 Å². The van der Waals surface area contributed by atoms with E-state index in [1.807, 2.05) is 19.1 Å². The largest absolute Gasteiger partial charge is 0.390 e. The molecular formula is C27H27FN4O3S. The lowest BCUT2D eigenvalue weighted by molar-refractivity contribution is 0.0951. The van der Waals surface area contributed by atoms with Crippen molar-refractivity contribution in [2.45, 2.75) is 18.4 Å². The predicted molar refractivity (Wildman–Crippen MR) is 141 cm³/mol. The van der Waals surface area contributed by atoms with Crippen LogP contribution in [0.2, 0.25) is 0 Å². The first-order valence-electron chi connectivity index (χ1n) is 11.0. The van der Waals surface area contributed by atoms with Crippen LogP contribution in [-0.2, 0) is 16.6 Å². The fourth-order valence-electron chi connectivity index (χ4n) is 3.25. The second kappa shape index (κ2) is 11.9. The van der Waals surface area contributed by atoms with Crippen molar-refractivity contribution < 1.29 is 17.6 Å². The average molecular weight is 507 g/mol. The molecule has 1 aromatic heterocycles. The highest BCUT2D eigenvalue weighted by Crippen LogP contribution is 2.22. The molecule has 3 N–H and O–H groups in total. The average Bonchev–Trinajstić information content (AvgIpc) is 3.32. The number of hydrogen-bond acceptors (Lipinski definition) is 4. The van der Waals surface area contributed by atoms with Crippen LogP contribution in [0.25, 0.3) is 10.9 Å². The van der Waals surface area contributed by atoms with E-state index in [4.69, 9.17) is 5.73 Å². The highest BCUT2D eigenvalue weighted by Gasteiger charge is 2.19. The fourth-order valence-corrected chi connectivity index (χ4v) is 4.61. The Morgan fingerprint density at radius 1 is 1.06 bits per heavy atom. The first-order valence-corrected chi connectivity index (χ1v) is 12.4. The summed E-state index contributed by atoms with van der Waals surface area (Å²) in [5.41, 5.74) is 7.66. The number of aliphatic imine (C=N–C) groups is 1. The summed E-state index contributed by atoms with van der Waals surface area (Å²) in [6.07, 6.45) is 2.80. The Morgan fingerprint density at radius 2 is 1.72 bits per heavy atom. The molecule has 4 rings (SSSR count). The minimum Gasteiger partial charge on any atom is -0.390 e. The van der Waals surface area contributed by atoms with Gasteiger partial charge < -0.3 is 11.1 Å². The van der Waals surface area contributed by atoms with Gasteiger partial charge in [0.15, 0.2) is 0 Å². The molecule has 36 heavy (non-hydrogen) atoms. The van der Waals surface area contributed by atoms with Crippen LogP contribution in [0.4, 0.5) is 4.39 Å². The van der Waals surface area contributed by atoms with Gasteiger partial charge in [-0.3, -0.25) is 9.79 Å². The summed E-state index contributed by atoms with van der Waals surface area (Å²) >= 11 is 0. The minimum absolute atomic E-state index is 0.0916. The number of nitrogens with one attached hydrogen (secondary N) is 1. The van der Waals surface area contributed by atoms with E-state index in [1.54, 1.807) is 30.3 Å². The van der Waals surface area contributed by atoms with E-state index in [0.29, 0.717) is 17.6 Å². The molecule has 0 aliphatic rings. The summed E-state index contributed by atoms with van der Waals surface area (Å²) in [4.78, 5) is 16.1. The Hall–Kier alpha value is -4.24. The number of fused-ring (bicyclic) bond motifs is 1. The lowest BCUT2D eigenvalue weighted by Gasteiger charge is -2.09. The molecule has 9 heteroatoms. The summed E-state index contributed by atoms with van der Waals surface area (Å²) in [5.74, 6) is -0.683. The first-order chi connectivity index (χ1) is 17.2. The SMILES string of the molecule is C=C(C)CN=CN.O=C(NCc1ccc(F)cc1)c1ccc(S(=O)(=O)n2ccc3ccccc32)cc1. The Bertz CT molecular complexity index is 1480. The zero-order chi connectivity index (χ0) is 26.1. The number of amides is 1. The first kappa shape index (κ1) is 26.4. The molecule has 0 radical (unpaired) electrons. The number of nitrogens with zero attached hydrogens (tertiary/aromatic N) is 2. The smallest absolute Gasteiger partial charge is 0.268 e. The van der Waals surface area contributed by atoms with E-state index in [0.717, 1.165) is 16.5 Å². The van der Waals surface area contributed by atoms with Gasteiger partial charge in [-0.25, -0.2) is 16.8 Å². The maximum atomic E-state index is 13.0. The number of carbonyl (C=O) groups is 1. The van der Waals surface area contributed by atoms with Gasteiger partial charge in [0.1, 0.15) is 5.82 Å². The lowest BCUT2D eigenvalue weighted by atomic mass is 10.2. The van der Waals surface area contributed by atoms with Gasteiger partial charge in [0.05, 0.1) is 23.3 Å². The lowest BCUT2D eigenvalue weighted by Crippen LogP contribution is -2.22. The van der Waals surface area contributed by atoms with Crippen LogP contribution < -0.4 is 11.1 Å². The van der Waals surface area contributed by atoms with E-state index >= 15 is 0 Å². The zero-order valence-corrected chi connectivity index (χ0v) is 20.6. The summed E-state index contributed by atoms with van der Waals surface area (Å²) in [6.45, 7) is 6.43. The Balaban J connectivity index is 0.000000454. The third-order valence-electron chi connectivity index (χ3n) is 5.07. The van der Waals surface area contributed by atoms with Crippen LogP contribution in [0.3, 0.4) is 0 Å². The van der Waals surface area contributed by atoms with Gasteiger partial charge in [0, 0.05) is 23.7 Å². The maximum Gasteiger partial charge on any atom is 0.268 e. The van der Waals surface area contributed by atoms with E-state index < -0.39 is 10.0 Å². The number of benzene rings is 3. The Kier molecular flexibility index (Phi) is 8.75. The fraction of sp³-hybridized carbons (Fsp3) is 0.111. The molecule has 3 aromatic carbocycles. The van der Waals surface area contributed by atoms with Crippen molar-refractivity contribution in [1.29, 1.82) is 0 Å². The summed E-state index contributed by atoms with van der Waals surface area (Å²) in [7, 11) is -3.77. The highest BCUT2D eigenvalue weighted by molar-refractivity contribution is 7.90. The molecule has 0 fully saturated rings. The van der Waals surface area contributed by atoms with Gasteiger partial charge in [-0.05, 0) is 61.0 Å². The third-order valence-corrected chi connectivity index (χ3v) is 6.77. The molecule has 0 aliphatic heterocycles. The van der Waals surface area contributed by atoms with Crippen LogP contribution in [0.15, 0.2) is 107 Å². The molecule has 1 amide bonds. The third kappa shape index (κ3) is 6.67. The van der Waals surface area contributed by atoms with Gasteiger partial charge in [-0.1, -0.05) is 42.5 Å². The topological polar surface area (TPSA) is 107 Å². The molecule has 0 bridgehead atoms. The van der Waals surface area contributed by atoms with Gasteiger partial charge in [-0.15, -0.1) is 0 Å². The van der Waals surface area contributed by atoms with Crippen molar-refractivity contribution >= 4 is 33.2 Å². The van der Waals surface area contributed by atoms with E-state index in [9.17, 15) is 17.6 Å². The van der Waals surface area contributed by atoms with Crippen molar-refractivity contribution in [3.05, 3.63) is 114 Å². The van der Waals surface area contributed by atoms with Gasteiger partial charge in [0.2, 0.25) is 0 Å². The molecular weight excluding hydrogens is 479 g/mol. The summed E-state index contributed by atoms with van der Waals surface area (Å²) in [6, 6.07) is 20.5. The second-order valence-electron chi connectivity index (χ2n) is 7.96. The quantitative estimate of drug-likeness (QED) is 0.219. The molecule has 0 saturated heterocycles. The molecule has 7 nitrogen and oxygen atoms in total. The van der Waals surface area contributed by atoms with Crippen molar-refractivity contribution in [2.24, 2.45) is 10.7 Å². The normalized spacial score (nSPS) is 11.2. The van der Waals surface area contributed by atoms with E-state index in [2.05, 4.69) is 16.9 Å². The molecule has 4 aromatic rings. The number of rotatable bonds is 7. The monoisotopic (exact) mass is 506 g/mol. The van der Waals surface area contributed by atoms with Crippen LogP contribution in [0.1, 0.15) is 22.8 Å². The molecule has 0 unspecified atom stereocenters. The maximum absolute atomic E-state index is 13.0. The number of carbonyl (C=O) groups excluding carboxylic acids is 1. The highest BCUT2D eigenvalue weighted by atomic mass is 32.2. The zero-order valence-electron chi connectivity index (χ0n) is 19.8. The molecule has 0 spiro atoms.